The fraction of sp³-hybridized carbons (Fsp3) is 0.818. The van der Waals surface area contributed by atoms with Crippen molar-refractivity contribution in [3.05, 3.63) is 11.6 Å². The van der Waals surface area contributed by atoms with Gasteiger partial charge in [0.2, 0.25) is 0 Å². The summed E-state index contributed by atoms with van der Waals surface area (Å²) in [5, 5.41) is 2.68. The molecule has 2 amide bonds. The van der Waals surface area contributed by atoms with Gasteiger partial charge in [-0.1, -0.05) is 11.6 Å². The van der Waals surface area contributed by atoms with Crippen molar-refractivity contribution in [1.82, 2.24) is 10.2 Å². The maximum absolute atomic E-state index is 12.7. The average molecular weight is 439 g/mol. The highest BCUT2D eigenvalue weighted by Crippen LogP contribution is 2.59. The Hall–Kier alpha value is -1.84. The summed E-state index contributed by atoms with van der Waals surface area (Å²) in [6.45, 7) is 7.79. The van der Waals surface area contributed by atoms with Gasteiger partial charge in [0.1, 0.15) is 23.4 Å². The Morgan fingerprint density at radius 1 is 1.26 bits per heavy atom. The maximum atomic E-state index is 12.7. The van der Waals surface area contributed by atoms with Gasteiger partial charge in [-0.2, -0.15) is 0 Å². The Morgan fingerprint density at radius 2 is 1.97 bits per heavy atom. The van der Waals surface area contributed by atoms with Crippen molar-refractivity contribution in [2.75, 3.05) is 33.9 Å². The lowest BCUT2D eigenvalue weighted by molar-refractivity contribution is -0.123. The summed E-state index contributed by atoms with van der Waals surface area (Å²) in [4.78, 5) is 25.5. The van der Waals surface area contributed by atoms with Gasteiger partial charge in [-0.15, -0.1) is 0 Å². The third kappa shape index (κ3) is 4.27. The van der Waals surface area contributed by atoms with Crippen LogP contribution < -0.4 is 5.32 Å². The Bertz CT molecular complexity index is 742. The van der Waals surface area contributed by atoms with Gasteiger partial charge < -0.3 is 33.9 Å². The van der Waals surface area contributed by atoms with Crippen LogP contribution in [0.15, 0.2) is 11.6 Å². The molecule has 9 nitrogen and oxygen atoms in total. The van der Waals surface area contributed by atoms with Gasteiger partial charge in [0.05, 0.1) is 31.8 Å². The molecule has 31 heavy (non-hydrogen) atoms. The molecule has 0 bridgehead atoms. The normalized spacial score (nSPS) is 38.8. The number of nitrogens with one attached hydrogen (secondary N) is 1. The van der Waals surface area contributed by atoms with Crippen molar-refractivity contribution < 1.29 is 33.3 Å². The lowest BCUT2D eigenvalue weighted by Gasteiger charge is -2.44. The standard InChI is InChI=1S/C22H34N2O7/c1-13(2)6-7-16-21(3,31-16)18-17(27-4)15(8-9-22(18)12-29-22)30-20(26)24-10-14(11-24)23-19(25)28-5/h6,14-18H,7-12H2,1-5H3,(H,23,25)/t15?,16-,17?,18?,21+,22?/m1/s1. The van der Waals surface area contributed by atoms with Crippen LogP contribution in [0.4, 0.5) is 9.59 Å². The number of methoxy groups -OCH3 is 2. The number of hydrogen-bond donors (Lipinski definition) is 1. The topological polar surface area (TPSA) is 102 Å². The zero-order chi connectivity index (χ0) is 22.4. The average Bonchev–Trinajstić information content (AvgIpc) is 3.61. The lowest BCUT2D eigenvalue weighted by Crippen LogP contribution is -2.62. The number of likely N-dealkylation sites (tertiary alicyclic amines) is 1. The lowest BCUT2D eigenvalue weighted by atomic mass is 9.68. The van der Waals surface area contributed by atoms with E-state index in [4.69, 9.17) is 18.9 Å². The first-order chi connectivity index (χ1) is 14.7. The minimum absolute atomic E-state index is 0.00255. The molecule has 6 atom stereocenters. The van der Waals surface area contributed by atoms with E-state index in [0.29, 0.717) is 26.1 Å². The van der Waals surface area contributed by atoms with Crippen molar-refractivity contribution in [3.63, 3.8) is 0 Å². The SMILES string of the molecule is COC(=O)NC1CN(C(=O)OC2CCC3(CO3)C([C@@]3(C)O[C@@H]3CC=C(C)C)C2OC)C1. The molecule has 174 valence electrons. The molecule has 0 aromatic heterocycles. The first-order valence-corrected chi connectivity index (χ1v) is 11.0. The van der Waals surface area contributed by atoms with Crippen LogP contribution in [0.25, 0.3) is 0 Å². The van der Waals surface area contributed by atoms with E-state index in [1.807, 2.05) is 0 Å². The highest BCUT2D eigenvalue weighted by molar-refractivity contribution is 5.71. The summed E-state index contributed by atoms with van der Waals surface area (Å²) >= 11 is 0. The second-order valence-electron chi connectivity index (χ2n) is 9.54. The molecule has 3 aliphatic heterocycles. The van der Waals surface area contributed by atoms with E-state index in [0.717, 1.165) is 12.8 Å². The third-order valence-corrected chi connectivity index (χ3v) is 7.14. The van der Waals surface area contributed by atoms with Crippen LogP contribution in [0.1, 0.15) is 40.0 Å². The van der Waals surface area contributed by atoms with Crippen LogP contribution >= 0.6 is 0 Å². The van der Waals surface area contributed by atoms with Crippen molar-refractivity contribution in [1.29, 1.82) is 0 Å². The predicted molar refractivity (Wildman–Crippen MR) is 111 cm³/mol. The zero-order valence-corrected chi connectivity index (χ0v) is 19.0. The van der Waals surface area contributed by atoms with Crippen molar-refractivity contribution in [3.8, 4) is 0 Å². The molecule has 3 heterocycles. The molecular weight excluding hydrogens is 404 g/mol. The summed E-state index contributed by atoms with van der Waals surface area (Å²) in [6, 6.07) is -0.116. The summed E-state index contributed by atoms with van der Waals surface area (Å²) in [7, 11) is 2.98. The number of nitrogens with zero attached hydrogens (tertiary/aromatic N) is 1. The van der Waals surface area contributed by atoms with Gasteiger partial charge in [0.25, 0.3) is 0 Å². The second kappa shape index (κ2) is 8.26. The van der Waals surface area contributed by atoms with E-state index in [2.05, 4.69) is 36.9 Å². The predicted octanol–water partition coefficient (Wildman–Crippen LogP) is 2.24. The molecule has 0 aromatic carbocycles. The third-order valence-electron chi connectivity index (χ3n) is 7.14. The van der Waals surface area contributed by atoms with E-state index in [1.54, 1.807) is 12.0 Å². The Balaban J connectivity index is 1.38. The molecule has 1 spiro atoms. The van der Waals surface area contributed by atoms with E-state index < -0.39 is 6.09 Å². The molecule has 4 aliphatic rings. The molecule has 1 saturated carbocycles. The molecule has 0 radical (unpaired) electrons. The first-order valence-electron chi connectivity index (χ1n) is 11.0. The van der Waals surface area contributed by atoms with Gasteiger partial charge in [0.15, 0.2) is 0 Å². The van der Waals surface area contributed by atoms with Crippen LogP contribution in [0.5, 0.6) is 0 Å². The minimum Gasteiger partial charge on any atom is -0.453 e. The maximum Gasteiger partial charge on any atom is 0.410 e. The number of epoxide rings is 2. The van der Waals surface area contributed by atoms with Crippen LogP contribution in [0.2, 0.25) is 0 Å². The molecule has 4 fully saturated rings. The quantitative estimate of drug-likeness (QED) is 0.501. The molecular formula is C22H34N2O7. The monoisotopic (exact) mass is 438 g/mol. The van der Waals surface area contributed by atoms with E-state index in [-0.39, 0.29) is 47.6 Å². The zero-order valence-electron chi connectivity index (χ0n) is 19.0. The van der Waals surface area contributed by atoms with Gasteiger partial charge in [-0.05, 0) is 40.0 Å². The fourth-order valence-corrected chi connectivity index (χ4v) is 5.22. The summed E-state index contributed by atoms with van der Waals surface area (Å²) < 4.78 is 28.5. The Labute approximate surface area is 183 Å². The smallest absolute Gasteiger partial charge is 0.410 e. The Morgan fingerprint density at radius 3 is 2.55 bits per heavy atom. The number of amides is 2. The molecule has 1 N–H and O–H groups in total. The van der Waals surface area contributed by atoms with Crippen LogP contribution in [0, 0.1) is 5.92 Å². The van der Waals surface area contributed by atoms with Crippen LogP contribution in [-0.2, 0) is 23.7 Å². The number of rotatable bonds is 6. The largest absolute Gasteiger partial charge is 0.453 e. The summed E-state index contributed by atoms with van der Waals surface area (Å²) in [5.74, 6) is -0.00255. The molecule has 9 heteroatoms. The summed E-state index contributed by atoms with van der Waals surface area (Å²) in [5.41, 5.74) is 0.661. The van der Waals surface area contributed by atoms with Crippen LogP contribution in [-0.4, -0.2) is 86.6 Å². The van der Waals surface area contributed by atoms with E-state index in [9.17, 15) is 9.59 Å². The number of carbonyl (C=O) groups is 2. The van der Waals surface area contributed by atoms with Gasteiger partial charge in [0, 0.05) is 20.2 Å². The van der Waals surface area contributed by atoms with Gasteiger partial charge >= 0.3 is 12.2 Å². The molecule has 4 unspecified atom stereocenters. The van der Waals surface area contributed by atoms with Crippen molar-refractivity contribution >= 4 is 12.2 Å². The fourth-order valence-electron chi connectivity index (χ4n) is 5.22. The molecule has 3 saturated heterocycles. The number of hydrogen-bond acceptors (Lipinski definition) is 7. The number of alkyl carbamates (subject to hydrolysis) is 1. The molecule has 4 rings (SSSR count). The van der Waals surface area contributed by atoms with E-state index in [1.165, 1.54) is 12.7 Å². The second-order valence-corrected chi connectivity index (χ2v) is 9.54. The minimum atomic E-state index is -0.498. The first kappa shape index (κ1) is 22.4. The van der Waals surface area contributed by atoms with Gasteiger partial charge in [-0.25, -0.2) is 9.59 Å². The van der Waals surface area contributed by atoms with Crippen molar-refractivity contribution in [2.45, 2.75) is 75.6 Å². The van der Waals surface area contributed by atoms with Crippen LogP contribution in [0.3, 0.4) is 0 Å². The summed E-state index contributed by atoms with van der Waals surface area (Å²) in [6.07, 6.45) is 3.12. The number of allylic oxidation sites excluding steroid dienone is 1. The number of carbonyl (C=O) groups excluding carboxylic acids is 2. The highest BCUT2D eigenvalue weighted by atomic mass is 16.6. The van der Waals surface area contributed by atoms with Gasteiger partial charge in [-0.3, -0.25) is 0 Å². The highest BCUT2D eigenvalue weighted by Gasteiger charge is 2.72. The van der Waals surface area contributed by atoms with E-state index >= 15 is 0 Å². The molecule has 0 aromatic rings. The molecule has 1 aliphatic carbocycles. The number of ether oxygens (including phenoxy) is 5. The Kier molecular flexibility index (Phi) is 5.95. The van der Waals surface area contributed by atoms with Crippen molar-refractivity contribution in [2.24, 2.45) is 5.92 Å².